The van der Waals surface area contributed by atoms with Crippen LogP contribution in [0.15, 0.2) is 24.3 Å². The minimum atomic E-state index is -0.791. The SMILES string of the molecule is Cc1cccc(OCCNC(=O)C2CCCC(C(=O)O)C2)c1. The first-order valence-electron chi connectivity index (χ1n) is 7.76. The van der Waals surface area contributed by atoms with E-state index in [9.17, 15) is 9.59 Å². The Labute approximate surface area is 130 Å². The van der Waals surface area contributed by atoms with Crippen LogP contribution in [0.25, 0.3) is 0 Å². The zero-order chi connectivity index (χ0) is 15.9. The van der Waals surface area contributed by atoms with Gasteiger partial charge in [-0.15, -0.1) is 0 Å². The van der Waals surface area contributed by atoms with Crippen molar-refractivity contribution >= 4 is 11.9 Å². The van der Waals surface area contributed by atoms with E-state index in [1.807, 2.05) is 31.2 Å². The van der Waals surface area contributed by atoms with Crippen LogP contribution in [0.3, 0.4) is 0 Å². The molecule has 2 rings (SSSR count). The monoisotopic (exact) mass is 305 g/mol. The Balaban J connectivity index is 1.70. The van der Waals surface area contributed by atoms with Gasteiger partial charge in [0.1, 0.15) is 12.4 Å². The lowest BCUT2D eigenvalue weighted by atomic mass is 9.81. The van der Waals surface area contributed by atoms with Crippen molar-refractivity contribution in [2.24, 2.45) is 11.8 Å². The third kappa shape index (κ3) is 4.76. The molecule has 0 aromatic heterocycles. The Kier molecular flexibility index (Phi) is 5.81. The van der Waals surface area contributed by atoms with Gasteiger partial charge in [0.25, 0.3) is 0 Å². The third-order valence-electron chi connectivity index (χ3n) is 4.05. The van der Waals surface area contributed by atoms with Crippen LogP contribution < -0.4 is 10.1 Å². The zero-order valence-corrected chi connectivity index (χ0v) is 12.9. The van der Waals surface area contributed by atoms with Gasteiger partial charge in [0.05, 0.1) is 12.5 Å². The number of aryl methyl sites for hydroxylation is 1. The molecule has 0 spiro atoms. The Bertz CT molecular complexity index is 529. The minimum absolute atomic E-state index is 0.0567. The summed E-state index contributed by atoms with van der Waals surface area (Å²) < 4.78 is 5.58. The highest BCUT2D eigenvalue weighted by molar-refractivity contribution is 5.80. The molecule has 5 heteroatoms. The maximum absolute atomic E-state index is 12.1. The number of carbonyl (C=O) groups is 2. The molecule has 1 fully saturated rings. The maximum Gasteiger partial charge on any atom is 0.306 e. The van der Waals surface area contributed by atoms with Gasteiger partial charge < -0.3 is 15.2 Å². The van der Waals surface area contributed by atoms with Gasteiger partial charge in [-0.3, -0.25) is 9.59 Å². The summed E-state index contributed by atoms with van der Waals surface area (Å²) in [5.41, 5.74) is 1.13. The van der Waals surface area contributed by atoms with E-state index in [-0.39, 0.29) is 17.7 Å². The fourth-order valence-corrected chi connectivity index (χ4v) is 2.84. The number of hydrogen-bond acceptors (Lipinski definition) is 3. The number of hydrogen-bond donors (Lipinski definition) is 2. The van der Waals surface area contributed by atoms with Crippen molar-refractivity contribution in [1.82, 2.24) is 5.32 Å². The molecule has 1 aliphatic rings. The van der Waals surface area contributed by atoms with Crippen LogP contribution in [0.5, 0.6) is 5.75 Å². The van der Waals surface area contributed by atoms with Crippen LogP contribution in [0.2, 0.25) is 0 Å². The second kappa shape index (κ2) is 7.82. The topological polar surface area (TPSA) is 75.6 Å². The molecule has 120 valence electrons. The van der Waals surface area contributed by atoms with Crippen molar-refractivity contribution < 1.29 is 19.4 Å². The number of benzene rings is 1. The molecule has 1 saturated carbocycles. The molecule has 2 N–H and O–H groups in total. The molecule has 22 heavy (non-hydrogen) atoms. The molecular weight excluding hydrogens is 282 g/mol. The summed E-state index contributed by atoms with van der Waals surface area (Å²) in [5.74, 6) is -0.626. The van der Waals surface area contributed by atoms with Gasteiger partial charge in [-0.1, -0.05) is 18.6 Å². The van der Waals surface area contributed by atoms with Crippen LogP contribution in [-0.2, 0) is 9.59 Å². The van der Waals surface area contributed by atoms with Crippen molar-refractivity contribution in [3.05, 3.63) is 29.8 Å². The summed E-state index contributed by atoms with van der Waals surface area (Å²) in [6, 6.07) is 7.75. The van der Waals surface area contributed by atoms with Crippen molar-refractivity contribution in [2.45, 2.75) is 32.6 Å². The number of carboxylic acids is 1. The summed E-state index contributed by atoms with van der Waals surface area (Å²) in [4.78, 5) is 23.1. The second-order valence-corrected chi connectivity index (χ2v) is 5.85. The van der Waals surface area contributed by atoms with Crippen molar-refractivity contribution in [3.8, 4) is 5.75 Å². The Hall–Kier alpha value is -2.04. The highest BCUT2D eigenvalue weighted by Gasteiger charge is 2.30. The van der Waals surface area contributed by atoms with E-state index in [4.69, 9.17) is 9.84 Å². The summed E-state index contributed by atoms with van der Waals surface area (Å²) in [6.07, 6.45) is 2.69. The zero-order valence-electron chi connectivity index (χ0n) is 12.9. The summed E-state index contributed by atoms with van der Waals surface area (Å²) in [6.45, 7) is 2.84. The van der Waals surface area contributed by atoms with Gasteiger partial charge >= 0.3 is 5.97 Å². The predicted octanol–water partition coefficient (Wildman–Crippen LogP) is 2.38. The lowest BCUT2D eigenvalue weighted by molar-refractivity contribution is -0.144. The molecule has 0 saturated heterocycles. The van der Waals surface area contributed by atoms with E-state index < -0.39 is 5.97 Å². The van der Waals surface area contributed by atoms with Gasteiger partial charge in [-0.05, 0) is 43.9 Å². The molecule has 0 bridgehead atoms. The number of nitrogens with one attached hydrogen (secondary N) is 1. The molecule has 0 radical (unpaired) electrons. The van der Waals surface area contributed by atoms with E-state index in [2.05, 4.69) is 5.32 Å². The van der Waals surface area contributed by atoms with Crippen molar-refractivity contribution in [3.63, 3.8) is 0 Å². The standard InChI is InChI=1S/C17H23NO4/c1-12-4-2-7-15(10-12)22-9-8-18-16(19)13-5-3-6-14(11-13)17(20)21/h2,4,7,10,13-14H,3,5-6,8-9,11H2,1H3,(H,18,19)(H,20,21). The molecular formula is C17H23NO4. The lowest BCUT2D eigenvalue weighted by Gasteiger charge is -2.25. The first-order valence-corrected chi connectivity index (χ1v) is 7.76. The maximum atomic E-state index is 12.1. The van der Waals surface area contributed by atoms with Crippen LogP contribution >= 0.6 is 0 Å². The summed E-state index contributed by atoms with van der Waals surface area (Å²) in [7, 11) is 0. The fourth-order valence-electron chi connectivity index (χ4n) is 2.84. The smallest absolute Gasteiger partial charge is 0.306 e. The van der Waals surface area contributed by atoms with Gasteiger partial charge in [0.15, 0.2) is 0 Å². The lowest BCUT2D eigenvalue weighted by Crippen LogP contribution is -2.37. The summed E-state index contributed by atoms with van der Waals surface area (Å²) in [5, 5.41) is 11.9. The van der Waals surface area contributed by atoms with E-state index >= 15 is 0 Å². The number of carbonyl (C=O) groups excluding carboxylic acids is 1. The number of ether oxygens (including phenoxy) is 1. The second-order valence-electron chi connectivity index (χ2n) is 5.85. The summed E-state index contributed by atoms with van der Waals surface area (Å²) >= 11 is 0. The predicted molar refractivity (Wildman–Crippen MR) is 82.8 cm³/mol. The largest absolute Gasteiger partial charge is 0.492 e. The van der Waals surface area contributed by atoms with Crippen molar-refractivity contribution in [2.75, 3.05) is 13.2 Å². The Morgan fingerprint density at radius 2 is 2.09 bits per heavy atom. The fraction of sp³-hybridized carbons (Fsp3) is 0.529. The molecule has 1 aromatic rings. The molecule has 1 amide bonds. The number of amides is 1. The third-order valence-corrected chi connectivity index (χ3v) is 4.05. The first-order chi connectivity index (χ1) is 10.6. The van der Waals surface area contributed by atoms with Gasteiger partial charge in [-0.2, -0.15) is 0 Å². The first kappa shape index (κ1) is 16.3. The van der Waals surface area contributed by atoms with E-state index in [0.29, 0.717) is 26.0 Å². The van der Waals surface area contributed by atoms with Crippen LogP contribution in [-0.4, -0.2) is 30.1 Å². The molecule has 1 aromatic carbocycles. The van der Waals surface area contributed by atoms with Crippen LogP contribution in [0.4, 0.5) is 0 Å². The van der Waals surface area contributed by atoms with Crippen LogP contribution in [0.1, 0.15) is 31.2 Å². The van der Waals surface area contributed by atoms with Gasteiger partial charge in [0, 0.05) is 5.92 Å². The number of rotatable bonds is 6. The molecule has 1 aliphatic carbocycles. The van der Waals surface area contributed by atoms with Crippen LogP contribution in [0, 0.1) is 18.8 Å². The highest BCUT2D eigenvalue weighted by atomic mass is 16.5. The molecule has 5 nitrogen and oxygen atoms in total. The van der Waals surface area contributed by atoms with E-state index in [1.165, 1.54) is 0 Å². The molecule has 2 unspecified atom stereocenters. The average Bonchev–Trinajstić information content (AvgIpc) is 2.51. The molecule has 0 heterocycles. The number of carboxylic acid groups (broad SMARTS) is 1. The van der Waals surface area contributed by atoms with E-state index in [0.717, 1.165) is 24.2 Å². The Morgan fingerprint density at radius 1 is 1.32 bits per heavy atom. The Morgan fingerprint density at radius 3 is 2.82 bits per heavy atom. The quantitative estimate of drug-likeness (QED) is 0.791. The number of aliphatic carboxylic acids is 1. The van der Waals surface area contributed by atoms with Crippen molar-refractivity contribution in [1.29, 1.82) is 0 Å². The minimum Gasteiger partial charge on any atom is -0.492 e. The molecule has 2 atom stereocenters. The molecule has 0 aliphatic heterocycles. The van der Waals surface area contributed by atoms with E-state index in [1.54, 1.807) is 0 Å². The highest BCUT2D eigenvalue weighted by Crippen LogP contribution is 2.29. The normalized spacial score (nSPS) is 21.1. The van der Waals surface area contributed by atoms with Gasteiger partial charge in [-0.25, -0.2) is 0 Å². The average molecular weight is 305 g/mol. The van der Waals surface area contributed by atoms with Gasteiger partial charge in [0.2, 0.25) is 5.91 Å².